The highest BCUT2D eigenvalue weighted by molar-refractivity contribution is 7.74. The highest BCUT2D eigenvalue weighted by Crippen LogP contribution is 2.43. The number of hydrogen-bond donors (Lipinski definition) is 0. The molecule has 0 atom stereocenters. The summed E-state index contributed by atoms with van der Waals surface area (Å²) in [5.41, 5.74) is 0. The molecular formula is C10H19N2P. The summed E-state index contributed by atoms with van der Waals surface area (Å²) in [6.07, 6.45) is 5.01. The largest absolute Gasteiger partial charge is 0.338 e. The summed E-state index contributed by atoms with van der Waals surface area (Å²) in [5, 5.41) is 1.57. The Morgan fingerprint density at radius 1 is 1.46 bits per heavy atom. The van der Waals surface area contributed by atoms with Crippen molar-refractivity contribution in [3.05, 3.63) is 18.2 Å². The van der Waals surface area contributed by atoms with Gasteiger partial charge in [0.2, 0.25) is 0 Å². The first-order chi connectivity index (χ1) is 5.93. The van der Waals surface area contributed by atoms with E-state index in [1.807, 2.05) is 12.4 Å². The molecule has 3 heteroatoms. The molecule has 1 heterocycles. The zero-order valence-electron chi connectivity index (χ0n) is 9.20. The van der Waals surface area contributed by atoms with Crippen LogP contribution in [0.4, 0.5) is 0 Å². The summed E-state index contributed by atoms with van der Waals surface area (Å²) in [7, 11) is 2.06. The monoisotopic (exact) mass is 198 g/mol. The van der Waals surface area contributed by atoms with Crippen molar-refractivity contribution in [1.29, 1.82) is 0 Å². The Balaban J connectivity index is 2.94. The van der Waals surface area contributed by atoms with Crippen LogP contribution in [0.5, 0.6) is 0 Å². The molecule has 0 aliphatic rings. The molecule has 0 unspecified atom stereocenters. The van der Waals surface area contributed by atoms with Crippen molar-refractivity contribution in [2.45, 2.75) is 20.0 Å². The lowest BCUT2D eigenvalue weighted by molar-refractivity contribution is 0.847. The van der Waals surface area contributed by atoms with Crippen LogP contribution >= 0.6 is 6.89 Å². The molecule has 0 amide bonds. The number of rotatable bonds is 2. The molecule has 1 aromatic rings. The average Bonchev–Trinajstić information content (AvgIpc) is 2.35. The van der Waals surface area contributed by atoms with E-state index in [-0.39, 0.29) is 0 Å². The van der Waals surface area contributed by atoms with Crippen LogP contribution in [0.2, 0.25) is 0 Å². The van der Waals surface area contributed by atoms with E-state index in [1.54, 1.807) is 5.29 Å². The minimum Gasteiger partial charge on any atom is -0.338 e. The predicted molar refractivity (Wildman–Crippen MR) is 62.0 cm³/mol. The van der Waals surface area contributed by atoms with Gasteiger partial charge in [-0.15, -0.1) is 6.89 Å². The van der Waals surface area contributed by atoms with Crippen molar-refractivity contribution in [1.82, 2.24) is 9.55 Å². The first-order valence-electron chi connectivity index (χ1n) is 4.53. The summed E-state index contributed by atoms with van der Waals surface area (Å²) in [6.45, 7) is 8.31. The van der Waals surface area contributed by atoms with Gasteiger partial charge < -0.3 is 4.57 Å². The van der Waals surface area contributed by atoms with Crippen LogP contribution in [-0.2, 0) is 13.2 Å². The van der Waals surface area contributed by atoms with Crippen molar-refractivity contribution < 1.29 is 0 Å². The molecule has 0 fully saturated rings. The Bertz CT molecular complexity index is 340. The van der Waals surface area contributed by atoms with Crippen LogP contribution in [0, 0.1) is 0 Å². The molecule has 1 rings (SSSR count). The lowest BCUT2D eigenvalue weighted by Crippen LogP contribution is -2.00. The lowest BCUT2D eigenvalue weighted by Gasteiger charge is -2.17. The van der Waals surface area contributed by atoms with Gasteiger partial charge in [0.1, 0.15) is 5.82 Å². The molecule has 0 bridgehead atoms. The van der Waals surface area contributed by atoms with Crippen molar-refractivity contribution in [2.24, 2.45) is 7.05 Å². The first kappa shape index (κ1) is 10.6. The van der Waals surface area contributed by atoms with Crippen molar-refractivity contribution in [2.75, 3.05) is 13.3 Å². The molecule has 0 saturated heterocycles. The van der Waals surface area contributed by atoms with E-state index in [0.717, 1.165) is 6.16 Å². The fraction of sp³-hybridized carbons (Fsp3) is 0.600. The standard InChI is InChI=1S/C10H19N2P/c1-9(2)13(4,5)8-10-11-6-7-12(10)3/h6-7H,8H2,1-5H3. The van der Waals surface area contributed by atoms with Crippen molar-refractivity contribution in [3.63, 3.8) is 0 Å². The summed E-state index contributed by atoms with van der Waals surface area (Å²) in [5.74, 6) is 1.21. The zero-order valence-corrected chi connectivity index (χ0v) is 10.1. The van der Waals surface area contributed by atoms with Crippen LogP contribution < -0.4 is 0 Å². The third-order valence-electron chi connectivity index (χ3n) is 2.67. The quantitative estimate of drug-likeness (QED) is 0.667. The molecule has 0 aromatic carbocycles. The summed E-state index contributed by atoms with van der Waals surface area (Å²) in [6, 6.07) is 0. The van der Waals surface area contributed by atoms with E-state index >= 15 is 0 Å². The molecule has 0 radical (unpaired) electrons. The van der Waals surface area contributed by atoms with Crippen molar-refractivity contribution >= 4 is 12.2 Å². The molecule has 0 N–H and O–H groups in total. The lowest BCUT2D eigenvalue weighted by atomic mass is 10.6. The first-order valence-corrected chi connectivity index (χ1v) is 7.40. The molecule has 0 saturated carbocycles. The SMILES string of the molecule is CC(C)=P(C)(C)Cc1nccn1C. The Labute approximate surface area is 81.0 Å². The van der Waals surface area contributed by atoms with Gasteiger partial charge >= 0.3 is 0 Å². The second kappa shape index (κ2) is 3.71. The molecule has 0 aliphatic heterocycles. The number of nitrogens with zero attached hydrogens (tertiary/aromatic N) is 2. The van der Waals surface area contributed by atoms with Crippen LogP contribution in [0.3, 0.4) is 0 Å². The van der Waals surface area contributed by atoms with Crippen LogP contribution in [0.15, 0.2) is 12.4 Å². The average molecular weight is 198 g/mol. The highest BCUT2D eigenvalue weighted by Gasteiger charge is 2.10. The fourth-order valence-electron chi connectivity index (χ4n) is 1.06. The van der Waals surface area contributed by atoms with Crippen molar-refractivity contribution in [3.8, 4) is 0 Å². The number of aromatic nitrogens is 2. The van der Waals surface area contributed by atoms with E-state index in [2.05, 4.69) is 43.8 Å². The molecule has 2 nitrogen and oxygen atoms in total. The fourth-order valence-corrected chi connectivity index (χ4v) is 2.39. The van der Waals surface area contributed by atoms with E-state index in [9.17, 15) is 0 Å². The molecule has 0 spiro atoms. The summed E-state index contributed by atoms with van der Waals surface area (Å²) < 4.78 is 2.12. The predicted octanol–water partition coefficient (Wildman–Crippen LogP) is 2.41. The van der Waals surface area contributed by atoms with Crippen LogP contribution in [-0.4, -0.2) is 28.2 Å². The normalized spacial score (nSPS) is 11.8. The Morgan fingerprint density at radius 3 is 2.46 bits per heavy atom. The Hall–Kier alpha value is -0.490. The zero-order chi connectivity index (χ0) is 10.1. The Morgan fingerprint density at radius 2 is 2.08 bits per heavy atom. The topological polar surface area (TPSA) is 17.8 Å². The minimum absolute atomic E-state index is 0.897. The molecule has 74 valence electrons. The van der Waals surface area contributed by atoms with E-state index < -0.39 is 6.89 Å². The van der Waals surface area contributed by atoms with Crippen LogP contribution in [0.25, 0.3) is 0 Å². The molecular weight excluding hydrogens is 179 g/mol. The van der Waals surface area contributed by atoms with Gasteiger partial charge in [-0.25, -0.2) is 4.98 Å². The smallest absolute Gasteiger partial charge is 0.112 e. The van der Waals surface area contributed by atoms with Crippen LogP contribution in [0.1, 0.15) is 19.7 Å². The molecule has 0 aliphatic carbocycles. The number of aryl methyl sites for hydroxylation is 1. The Kier molecular flexibility index (Phi) is 3.02. The maximum atomic E-state index is 4.36. The number of hydrogen-bond acceptors (Lipinski definition) is 1. The molecule has 1 aromatic heterocycles. The van der Waals surface area contributed by atoms with Gasteiger partial charge in [-0.2, -0.15) is 0 Å². The maximum Gasteiger partial charge on any atom is 0.112 e. The van der Waals surface area contributed by atoms with Gasteiger partial charge in [-0.3, -0.25) is 0 Å². The van der Waals surface area contributed by atoms with Gasteiger partial charge in [-0.1, -0.05) is 5.29 Å². The summed E-state index contributed by atoms with van der Waals surface area (Å²) in [4.78, 5) is 4.36. The maximum absolute atomic E-state index is 4.36. The van der Waals surface area contributed by atoms with Gasteiger partial charge in [0.05, 0.1) is 0 Å². The van der Waals surface area contributed by atoms with Gasteiger partial charge in [0.15, 0.2) is 0 Å². The summed E-state index contributed by atoms with van der Waals surface area (Å²) >= 11 is 0. The second-order valence-electron chi connectivity index (χ2n) is 4.24. The second-order valence-corrected chi connectivity index (χ2v) is 8.83. The third-order valence-corrected chi connectivity index (χ3v) is 6.16. The van der Waals surface area contributed by atoms with E-state index in [0.29, 0.717) is 0 Å². The van der Waals surface area contributed by atoms with Gasteiger partial charge in [0, 0.05) is 25.6 Å². The highest BCUT2D eigenvalue weighted by atomic mass is 31.2. The molecule has 13 heavy (non-hydrogen) atoms. The van der Waals surface area contributed by atoms with Gasteiger partial charge in [0.25, 0.3) is 0 Å². The van der Waals surface area contributed by atoms with Gasteiger partial charge in [-0.05, 0) is 27.2 Å². The van der Waals surface area contributed by atoms with E-state index in [4.69, 9.17) is 0 Å². The van der Waals surface area contributed by atoms with E-state index in [1.165, 1.54) is 5.82 Å². The number of imidazole rings is 1. The third kappa shape index (κ3) is 2.47. The minimum atomic E-state index is -0.897.